The van der Waals surface area contributed by atoms with E-state index in [-0.39, 0.29) is 66.4 Å². The number of aliphatic carboxylic acids is 1. The molecular formula is C31H30F4O7. The van der Waals surface area contributed by atoms with Crippen molar-refractivity contribution in [2.24, 2.45) is 0 Å². The van der Waals surface area contributed by atoms with E-state index in [9.17, 15) is 28.2 Å². The average Bonchev–Trinajstić information content (AvgIpc) is 3.50. The van der Waals surface area contributed by atoms with Crippen LogP contribution in [0.3, 0.4) is 0 Å². The lowest BCUT2D eigenvalue weighted by Gasteiger charge is -2.24. The van der Waals surface area contributed by atoms with Gasteiger partial charge in [-0.25, -0.2) is 4.39 Å². The highest BCUT2D eigenvalue weighted by atomic mass is 19.4. The lowest BCUT2D eigenvalue weighted by atomic mass is 9.91. The molecule has 0 saturated heterocycles. The monoisotopic (exact) mass is 590 g/mol. The topological polar surface area (TPSA) is 105 Å². The van der Waals surface area contributed by atoms with E-state index >= 15 is 4.39 Å². The van der Waals surface area contributed by atoms with Crippen LogP contribution in [0.1, 0.15) is 61.0 Å². The van der Waals surface area contributed by atoms with Gasteiger partial charge in [0.2, 0.25) is 0 Å². The third-order valence-electron chi connectivity index (χ3n) is 7.64. The first-order chi connectivity index (χ1) is 19.7. The number of carboxylic acids is 1. The molecular weight excluding hydrogens is 560 g/mol. The van der Waals surface area contributed by atoms with Crippen molar-refractivity contribution in [1.29, 1.82) is 0 Å². The summed E-state index contributed by atoms with van der Waals surface area (Å²) in [5.74, 6) is -1.19. The van der Waals surface area contributed by atoms with E-state index in [0.717, 1.165) is 5.56 Å². The van der Waals surface area contributed by atoms with E-state index in [1.807, 2.05) is 0 Å². The van der Waals surface area contributed by atoms with E-state index < -0.39 is 41.3 Å². The normalized spacial score (nSPS) is 18.7. The van der Waals surface area contributed by atoms with Gasteiger partial charge in [0.05, 0.1) is 24.2 Å². The molecule has 3 N–H and O–H groups in total. The molecule has 1 heterocycles. The Morgan fingerprint density at radius 2 is 1.79 bits per heavy atom. The second kappa shape index (κ2) is 11.1. The molecule has 42 heavy (non-hydrogen) atoms. The third-order valence-corrected chi connectivity index (χ3v) is 7.64. The molecule has 11 heteroatoms. The Morgan fingerprint density at radius 3 is 2.43 bits per heavy atom. The minimum Gasteiger partial charge on any atom is -0.492 e. The number of ether oxygens (including phenoxy) is 3. The molecule has 3 aromatic carbocycles. The summed E-state index contributed by atoms with van der Waals surface area (Å²) < 4.78 is 74.9. The molecule has 0 bridgehead atoms. The number of rotatable bonds is 9. The number of carbonyl (C=O) groups is 1. The number of aliphatic hydroxyl groups excluding tert-OH is 1. The number of alkyl halides is 3. The molecule has 0 radical (unpaired) electrons. The van der Waals surface area contributed by atoms with Gasteiger partial charge in [-0.05, 0) is 67.6 Å². The van der Waals surface area contributed by atoms with E-state index in [1.54, 1.807) is 18.2 Å². The first-order valence-electron chi connectivity index (χ1n) is 13.4. The van der Waals surface area contributed by atoms with E-state index in [2.05, 4.69) is 0 Å². The van der Waals surface area contributed by atoms with Crippen molar-refractivity contribution in [3.8, 4) is 28.4 Å². The molecule has 1 aliphatic heterocycles. The summed E-state index contributed by atoms with van der Waals surface area (Å²) in [6.07, 6.45) is -6.55. The van der Waals surface area contributed by atoms with Crippen LogP contribution >= 0.6 is 0 Å². The standard InChI is InChI=1S/C31H30F4O7/c1-30(2,39)26(36)15-40-18-5-3-16(4-6-18)28-21-9-10-24(29(21)23(32)13-22(28)31(33,34)35)42-19-7-8-20-17(11-27(37)38)14-41-25(20)12-19/h3-8,12-13,17,24,26,36,39H,9-11,14-15H2,1-2H3,(H,37,38)/t17-,24?,26-/m1/s1. The fourth-order valence-corrected chi connectivity index (χ4v) is 5.39. The fraction of sp³-hybridized carbons (Fsp3) is 0.387. The van der Waals surface area contributed by atoms with Crippen molar-refractivity contribution < 1.29 is 51.9 Å². The van der Waals surface area contributed by atoms with Crippen molar-refractivity contribution in [2.45, 2.75) is 63.0 Å². The Bertz CT molecular complexity index is 1480. The molecule has 1 aliphatic carbocycles. The molecule has 7 nitrogen and oxygen atoms in total. The van der Waals surface area contributed by atoms with Gasteiger partial charge >= 0.3 is 12.1 Å². The first kappa shape index (κ1) is 29.7. The van der Waals surface area contributed by atoms with Crippen LogP contribution < -0.4 is 14.2 Å². The molecule has 0 aromatic heterocycles. The lowest BCUT2D eigenvalue weighted by Crippen LogP contribution is -2.40. The molecule has 2 aliphatic rings. The number of fused-ring (bicyclic) bond motifs is 2. The van der Waals surface area contributed by atoms with E-state index in [0.29, 0.717) is 17.6 Å². The van der Waals surface area contributed by atoms with Gasteiger partial charge in [0.15, 0.2) is 0 Å². The van der Waals surface area contributed by atoms with Crippen LogP contribution in [-0.2, 0) is 17.4 Å². The highest BCUT2D eigenvalue weighted by Crippen LogP contribution is 2.48. The Kier molecular flexibility index (Phi) is 7.84. The Labute approximate surface area is 239 Å². The number of halogens is 4. The average molecular weight is 591 g/mol. The molecule has 0 spiro atoms. The third kappa shape index (κ3) is 6.03. The van der Waals surface area contributed by atoms with Crippen LogP contribution in [0.4, 0.5) is 17.6 Å². The Morgan fingerprint density at radius 1 is 1.10 bits per heavy atom. The summed E-state index contributed by atoms with van der Waals surface area (Å²) in [5, 5.41) is 29.0. The van der Waals surface area contributed by atoms with Crippen LogP contribution in [-0.4, -0.2) is 46.2 Å². The second-order valence-electron chi connectivity index (χ2n) is 11.1. The van der Waals surface area contributed by atoms with Crippen molar-refractivity contribution in [2.75, 3.05) is 13.2 Å². The maximum Gasteiger partial charge on any atom is 0.417 e. The second-order valence-corrected chi connectivity index (χ2v) is 11.1. The maximum atomic E-state index is 15.3. The molecule has 1 unspecified atom stereocenters. The first-order valence-corrected chi connectivity index (χ1v) is 13.4. The summed E-state index contributed by atoms with van der Waals surface area (Å²) in [4.78, 5) is 11.1. The van der Waals surface area contributed by atoms with Crippen molar-refractivity contribution >= 4 is 5.97 Å². The molecule has 5 rings (SSSR count). The minimum absolute atomic E-state index is 0.0526. The minimum atomic E-state index is -4.82. The van der Waals surface area contributed by atoms with Crippen LogP contribution in [0.2, 0.25) is 0 Å². The SMILES string of the molecule is CC(C)(O)[C@H](O)COc1ccc(-c2c(C(F)(F)F)cc(F)c3c2CCC3Oc2ccc3c(c2)OC[C@H]3CC(=O)O)cc1. The predicted molar refractivity (Wildman–Crippen MR) is 143 cm³/mol. The van der Waals surface area contributed by atoms with Gasteiger partial charge in [0, 0.05) is 23.1 Å². The Hall–Kier alpha value is -3.83. The van der Waals surface area contributed by atoms with Gasteiger partial charge in [-0.2, -0.15) is 13.2 Å². The lowest BCUT2D eigenvalue weighted by molar-refractivity contribution is -0.138. The largest absolute Gasteiger partial charge is 0.492 e. The van der Waals surface area contributed by atoms with Crippen molar-refractivity contribution in [3.05, 3.63) is 76.6 Å². The summed E-state index contributed by atoms with van der Waals surface area (Å²) in [6, 6.07) is 11.2. The highest BCUT2D eigenvalue weighted by Gasteiger charge is 2.40. The molecule has 224 valence electrons. The van der Waals surface area contributed by atoms with Gasteiger partial charge in [0.25, 0.3) is 0 Å². The number of carboxylic acid groups (broad SMARTS) is 1. The fourth-order valence-electron chi connectivity index (χ4n) is 5.39. The quantitative estimate of drug-likeness (QED) is 0.261. The predicted octanol–water partition coefficient (Wildman–Crippen LogP) is 6.04. The zero-order chi connectivity index (χ0) is 30.4. The van der Waals surface area contributed by atoms with Gasteiger partial charge in [-0.3, -0.25) is 4.79 Å². The molecule has 0 fully saturated rings. The zero-order valence-corrected chi connectivity index (χ0v) is 22.9. The van der Waals surface area contributed by atoms with Gasteiger partial charge in [-0.1, -0.05) is 18.2 Å². The van der Waals surface area contributed by atoms with Gasteiger partial charge in [-0.15, -0.1) is 0 Å². The maximum absolute atomic E-state index is 15.3. The number of aliphatic hydroxyl groups is 2. The van der Waals surface area contributed by atoms with Gasteiger partial charge in [0.1, 0.15) is 41.9 Å². The molecule has 0 saturated carbocycles. The highest BCUT2D eigenvalue weighted by molar-refractivity contribution is 5.75. The van der Waals surface area contributed by atoms with Gasteiger partial charge < -0.3 is 29.5 Å². The van der Waals surface area contributed by atoms with Crippen LogP contribution in [0.15, 0.2) is 48.5 Å². The molecule has 3 atom stereocenters. The number of hydrogen-bond acceptors (Lipinski definition) is 6. The zero-order valence-electron chi connectivity index (χ0n) is 22.9. The van der Waals surface area contributed by atoms with Crippen LogP contribution in [0.5, 0.6) is 17.2 Å². The van der Waals surface area contributed by atoms with Crippen LogP contribution in [0, 0.1) is 5.82 Å². The van der Waals surface area contributed by atoms with E-state index in [4.69, 9.17) is 19.3 Å². The van der Waals surface area contributed by atoms with E-state index in [1.165, 1.54) is 38.1 Å². The number of hydrogen-bond donors (Lipinski definition) is 3. The molecule has 0 amide bonds. The number of benzene rings is 3. The summed E-state index contributed by atoms with van der Waals surface area (Å²) in [5.41, 5.74) is -1.44. The van der Waals surface area contributed by atoms with Crippen molar-refractivity contribution in [1.82, 2.24) is 0 Å². The molecule has 3 aromatic rings. The summed E-state index contributed by atoms with van der Waals surface area (Å²) >= 11 is 0. The smallest absolute Gasteiger partial charge is 0.417 e. The van der Waals surface area contributed by atoms with Crippen molar-refractivity contribution in [3.63, 3.8) is 0 Å². The Balaban J connectivity index is 1.43. The summed E-state index contributed by atoms with van der Waals surface area (Å²) in [6.45, 7) is 2.82. The summed E-state index contributed by atoms with van der Waals surface area (Å²) in [7, 11) is 0. The van der Waals surface area contributed by atoms with Crippen LogP contribution in [0.25, 0.3) is 11.1 Å².